The van der Waals surface area contributed by atoms with Crippen LogP contribution >= 0.6 is 0 Å². The van der Waals surface area contributed by atoms with E-state index < -0.39 is 0 Å². The van der Waals surface area contributed by atoms with Crippen molar-refractivity contribution in [3.05, 3.63) is 66.2 Å². The van der Waals surface area contributed by atoms with E-state index in [1.54, 1.807) is 0 Å². The summed E-state index contributed by atoms with van der Waals surface area (Å²) in [6.45, 7) is 6.14. The SMILES string of the molecule is C=Cc1ccc(CCCC)cc1-c1ccccc1. The van der Waals surface area contributed by atoms with E-state index in [1.807, 2.05) is 6.08 Å². The molecule has 2 rings (SSSR count). The van der Waals surface area contributed by atoms with Gasteiger partial charge in [0.1, 0.15) is 0 Å². The van der Waals surface area contributed by atoms with Gasteiger partial charge in [0.25, 0.3) is 0 Å². The molecule has 0 saturated carbocycles. The molecule has 0 aliphatic rings. The lowest BCUT2D eigenvalue weighted by molar-refractivity contribution is 0.795. The molecule has 0 atom stereocenters. The maximum absolute atomic E-state index is 3.91. The zero-order valence-corrected chi connectivity index (χ0v) is 11.0. The van der Waals surface area contributed by atoms with Gasteiger partial charge in [-0.05, 0) is 35.1 Å². The molecule has 0 fully saturated rings. The molecule has 0 aromatic heterocycles. The van der Waals surface area contributed by atoms with Gasteiger partial charge in [0.05, 0.1) is 0 Å². The highest BCUT2D eigenvalue weighted by Gasteiger charge is 2.03. The van der Waals surface area contributed by atoms with Gasteiger partial charge in [0, 0.05) is 0 Å². The summed E-state index contributed by atoms with van der Waals surface area (Å²) < 4.78 is 0. The normalized spacial score (nSPS) is 10.3. The minimum Gasteiger partial charge on any atom is -0.0984 e. The summed E-state index contributed by atoms with van der Waals surface area (Å²) in [5, 5.41) is 0. The Bertz CT molecular complexity index is 509. The lowest BCUT2D eigenvalue weighted by Gasteiger charge is -2.09. The Morgan fingerprint density at radius 1 is 1.06 bits per heavy atom. The van der Waals surface area contributed by atoms with Crippen molar-refractivity contribution >= 4 is 6.08 Å². The Balaban J connectivity index is 2.40. The predicted octanol–water partition coefficient (Wildman–Crippen LogP) is 5.34. The van der Waals surface area contributed by atoms with E-state index in [1.165, 1.54) is 35.1 Å². The average Bonchev–Trinajstić information content (AvgIpc) is 2.45. The Hall–Kier alpha value is -1.82. The van der Waals surface area contributed by atoms with Gasteiger partial charge >= 0.3 is 0 Å². The first-order valence-corrected chi connectivity index (χ1v) is 6.66. The summed E-state index contributed by atoms with van der Waals surface area (Å²) in [4.78, 5) is 0. The van der Waals surface area contributed by atoms with Gasteiger partial charge in [-0.2, -0.15) is 0 Å². The van der Waals surface area contributed by atoms with Gasteiger partial charge in [-0.15, -0.1) is 0 Å². The Kier molecular flexibility index (Phi) is 4.35. The van der Waals surface area contributed by atoms with Gasteiger partial charge in [-0.1, -0.05) is 74.5 Å². The molecule has 0 saturated heterocycles. The molecule has 0 aliphatic heterocycles. The molecule has 0 spiro atoms. The van der Waals surface area contributed by atoms with Crippen LogP contribution in [-0.4, -0.2) is 0 Å². The third-order valence-corrected chi connectivity index (χ3v) is 3.24. The zero-order chi connectivity index (χ0) is 12.8. The van der Waals surface area contributed by atoms with Crippen molar-refractivity contribution in [2.24, 2.45) is 0 Å². The molecule has 0 unspecified atom stereocenters. The molecule has 2 aromatic rings. The molecule has 0 nitrogen and oxygen atoms in total. The molecule has 0 bridgehead atoms. The number of hydrogen-bond acceptors (Lipinski definition) is 0. The van der Waals surface area contributed by atoms with Gasteiger partial charge in [-0.3, -0.25) is 0 Å². The van der Waals surface area contributed by atoms with Gasteiger partial charge in [-0.25, -0.2) is 0 Å². The molecule has 0 amide bonds. The third-order valence-electron chi connectivity index (χ3n) is 3.24. The molecule has 0 heteroatoms. The van der Waals surface area contributed by atoms with E-state index in [0.29, 0.717) is 0 Å². The highest BCUT2D eigenvalue weighted by atomic mass is 14.1. The Labute approximate surface area is 110 Å². The molecule has 2 aromatic carbocycles. The highest BCUT2D eigenvalue weighted by molar-refractivity contribution is 5.75. The molecular weight excluding hydrogens is 216 g/mol. The minimum atomic E-state index is 1.16. The fourth-order valence-electron chi connectivity index (χ4n) is 2.19. The molecule has 0 aliphatic carbocycles. The molecule has 0 N–H and O–H groups in total. The van der Waals surface area contributed by atoms with Crippen molar-refractivity contribution in [3.63, 3.8) is 0 Å². The quantitative estimate of drug-likeness (QED) is 0.657. The maximum atomic E-state index is 3.91. The fourth-order valence-corrected chi connectivity index (χ4v) is 2.19. The molecule has 0 heterocycles. The van der Waals surface area contributed by atoms with Gasteiger partial charge in [0.2, 0.25) is 0 Å². The van der Waals surface area contributed by atoms with Crippen LogP contribution in [0.5, 0.6) is 0 Å². The standard InChI is InChI=1S/C18H20/c1-3-5-9-15-12-13-16(4-2)18(14-15)17-10-7-6-8-11-17/h4,6-8,10-14H,2-3,5,9H2,1H3. The van der Waals surface area contributed by atoms with Crippen LogP contribution in [-0.2, 0) is 6.42 Å². The van der Waals surface area contributed by atoms with Crippen LogP contribution in [0.25, 0.3) is 17.2 Å². The first-order valence-electron chi connectivity index (χ1n) is 6.66. The van der Waals surface area contributed by atoms with Crippen LogP contribution < -0.4 is 0 Å². The molecule has 18 heavy (non-hydrogen) atoms. The van der Waals surface area contributed by atoms with Crippen LogP contribution in [0, 0.1) is 0 Å². The van der Waals surface area contributed by atoms with Crippen molar-refractivity contribution < 1.29 is 0 Å². The van der Waals surface area contributed by atoms with Crippen molar-refractivity contribution in [1.82, 2.24) is 0 Å². The zero-order valence-electron chi connectivity index (χ0n) is 11.0. The van der Waals surface area contributed by atoms with Crippen molar-refractivity contribution in [3.8, 4) is 11.1 Å². The van der Waals surface area contributed by atoms with Crippen molar-refractivity contribution in [2.45, 2.75) is 26.2 Å². The van der Waals surface area contributed by atoms with Crippen molar-refractivity contribution in [1.29, 1.82) is 0 Å². The Morgan fingerprint density at radius 2 is 1.83 bits per heavy atom. The average molecular weight is 236 g/mol. The van der Waals surface area contributed by atoms with Crippen molar-refractivity contribution in [2.75, 3.05) is 0 Å². The number of aryl methyl sites for hydroxylation is 1. The summed E-state index contributed by atoms with van der Waals surface area (Å²) in [5.41, 5.74) is 5.19. The summed E-state index contributed by atoms with van der Waals surface area (Å²) in [6, 6.07) is 17.2. The third kappa shape index (κ3) is 2.89. The lowest BCUT2D eigenvalue weighted by atomic mass is 9.95. The van der Waals surface area contributed by atoms with Crippen LogP contribution in [0.2, 0.25) is 0 Å². The summed E-state index contributed by atoms with van der Waals surface area (Å²) >= 11 is 0. The van der Waals surface area contributed by atoms with Crippen LogP contribution in [0.3, 0.4) is 0 Å². The number of rotatable bonds is 5. The summed E-state index contributed by atoms with van der Waals surface area (Å²) in [7, 11) is 0. The summed E-state index contributed by atoms with van der Waals surface area (Å²) in [5.74, 6) is 0. The minimum absolute atomic E-state index is 1.16. The maximum Gasteiger partial charge on any atom is -0.0109 e. The van der Waals surface area contributed by atoms with Gasteiger partial charge in [0.15, 0.2) is 0 Å². The van der Waals surface area contributed by atoms with E-state index in [9.17, 15) is 0 Å². The number of hydrogen-bond donors (Lipinski definition) is 0. The van der Waals surface area contributed by atoms with E-state index in [0.717, 1.165) is 6.42 Å². The predicted molar refractivity (Wildman–Crippen MR) is 80.6 cm³/mol. The van der Waals surface area contributed by atoms with E-state index in [2.05, 4.69) is 62.0 Å². The van der Waals surface area contributed by atoms with Crippen LogP contribution in [0.4, 0.5) is 0 Å². The number of unbranched alkanes of at least 4 members (excludes halogenated alkanes) is 1. The second-order valence-electron chi connectivity index (χ2n) is 4.60. The molecule has 92 valence electrons. The van der Waals surface area contributed by atoms with E-state index in [4.69, 9.17) is 0 Å². The van der Waals surface area contributed by atoms with Crippen LogP contribution in [0.1, 0.15) is 30.9 Å². The van der Waals surface area contributed by atoms with Crippen LogP contribution in [0.15, 0.2) is 55.1 Å². The molecule has 0 radical (unpaired) electrons. The monoisotopic (exact) mass is 236 g/mol. The van der Waals surface area contributed by atoms with Gasteiger partial charge < -0.3 is 0 Å². The first kappa shape index (κ1) is 12.6. The highest BCUT2D eigenvalue weighted by Crippen LogP contribution is 2.26. The van der Waals surface area contributed by atoms with E-state index in [-0.39, 0.29) is 0 Å². The largest absolute Gasteiger partial charge is 0.0984 e. The second-order valence-corrected chi connectivity index (χ2v) is 4.60. The lowest BCUT2D eigenvalue weighted by Crippen LogP contribution is -1.89. The smallest absolute Gasteiger partial charge is 0.0109 e. The second kappa shape index (κ2) is 6.20. The number of benzene rings is 2. The fraction of sp³-hybridized carbons (Fsp3) is 0.222. The topological polar surface area (TPSA) is 0 Å². The van der Waals surface area contributed by atoms with E-state index >= 15 is 0 Å². The molecular formula is C18H20. The first-order chi connectivity index (χ1) is 8.85. The Morgan fingerprint density at radius 3 is 2.50 bits per heavy atom. The summed E-state index contributed by atoms with van der Waals surface area (Å²) in [6.07, 6.45) is 5.59.